The minimum atomic E-state index is 0.174. The summed E-state index contributed by atoms with van der Waals surface area (Å²) in [5, 5.41) is 5.92. The third-order valence-electron chi connectivity index (χ3n) is 6.85. The molecule has 0 fully saturated rings. The summed E-state index contributed by atoms with van der Waals surface area (Å²) in [7, 11) is 0. The van der Waals surface area contributed by atoms with Crippen LogP contribution < -0.4 is 0 Å². The maximum atomic E-state index is 13.0. The van der Waals surface area contributed by atoms with Gasteiger partial charge in [-0.05, 0) is 87.9 Å². The molecule has 0 atom stereocenters. The molecular formula is C29H34N4O. The molecule has 5 heteroatoms. The van der Waals surface area contributed by atoms with Crippen molar-refractivity contribution in [2.45, 2.75) is 60.9 Å². The van der Waals surface area contributed by atoms with Crippen LogP contribution in [0.15, 0.2) is 48.5 Å². The minimum absolute atomic E-state index is 0.174. The Morgan fingerprint density at radius 1 is 0.941 bits per heavy atom. The van der Waals surface area contributed by atoms with Gasteiger partial charge in [-0.15, -0.1) is 0 Å². The van der Waals surface area contributed by atoms with E-state index in [1.807, 2.05) is 48.6 Å². The number of rotatable bonds is 7. The monoisotopic (exact) mass is 454 g/mol. The summed E-state index contributed by atoms with van der Waals surface area (Å²) in [6.45, 7) is 13.8. The van der Waals surface area contributed by atoms with Gasteiger partial charge in [-0.3, -0.25) is 4.79 Å². The SMILES string of the molecule is CCN(Cc1ccccc1)C(=O)CCc1c(C)nc2c(c(C)nn2-c2ccc(C)c(C)c2)c1C. The van der Waals surface area contributed by atoms with E-state index in [4.69, 9.17) is 10.1 Å². The van der Waals surface area contributed by atoms with Crippen molar-refractivity contribution in [1.82, 2.24) is 19.7 Å². The second kappa shape index (κ2) is 9.80. The normalized spacial score (nSPS) is 11.2. The van der Waals surface area contributed by atoms with Crippen LogP contribution in [0.4, 0.5) is 0 Å². The molecule has 1 amide bonds. The first-order valence-electron chi connectivity index (χ1n) is 12.0. The van der Waals surface area contributed by atoms with E-state index < -0.39 is 0 Å². The van der Waals surface area contributed by atoms with E-state index in [0.717, 1.165) is 39.2 Å². The van der Waals surface area contributed by atoms with Crippen LogP contribution in [0.5, 0.6) is 0 Å². The number of amides is 1. The molecule has 0 unspecified atom stereocenters. The zero-order chi connectivity index (χ0) is 24.4. The Bertz CT molecular complexity index is 1340. The Morgan fingerprint density at radius 3 is 2.35 bits per heavy atom. The summed E-state index contributed by atoms with van der Waals surface area (Å²) in [6, 6.07) is 16.5. The molecule has 0 aliphatic heterocycles. The summed E-state index contributed by atoms with van der Waals surface area (Å²) >= 11 is 0. The number of carbonyl (C=O) groups excluding carboxylic acids is 1. The summed E-state index contributed by atoms with van der Waals surface area (Å²) in [6.07, 6.45) is 1.15. The lowest BCUT2D eigenvalue weighted by molar-refractivity contribution is -0.131. The first-order chi connectivity index (χ1) is 16.3. The lowest BCUT2D eigenvalue weighted by atomic mass is 9.99. The van der Waals surface area contributed by atoms with Gasteiger partial charge in [0, 0.05) is 30.6 Å². The third-order valence-corrected chi connectivity index (χ3v) is 6.85. The van der Waals surface area contributed by atoms with Crippen molar-refractivity contribution < 1.29 is 4.79 Å². The number of fused-ring (bicyclic) bond motifs is 1. The number of nitrogens with zero attached hydrogens (tertiary/aromatic N) is 4. The Morgan fingerprint density at radius 2 is 1.68 bits per heavy atom. The molecule has 5 nitrogen and oxygen atoms in total. The molecule has 2 aromatic heterocycles. The lowest BCUT2D eigenvalue weighted by Gasteiger charge is -2.21. The number of hydrogen-bond acceptors (Lipinski definition) is 3. The van der Waals surface area contributed by atoms with Crippen molar-refractivity contribution >= 4 is 16.9 Å². The molecule has 34 heavy (non-hydrogen) atoms. The van der Waals surface area contributed by atoms with E-state index in [0.29, 0.717) is 25.9 Å². The average molecular weight is 455 g/mol. The molecule has 4 rings (SSSR count). The van der Waals surface area contributed by atoms with E-state index in [2.05, 4.69) is 51.1 Å². The van der Waals surface area contributed by atoms with Gasteiger partial charge in [0.05, 0.1) is 11.4 Å². The molecule has 4 aromatic rings. The van der Waals surface area contributed by atoms with Crippen molar-refractivity contribution in [2.24, 2.45) is 0 Å². The summed E-state index contributed by atoms with van der Waals surface area (Å²) in [4.78, 5) is 19.9. The highest BCUT2D eigenvalue weighted by molar-refractivity contribution is 5.85. The van der Waals surface area contributed by atoms with Crippen molar-refractivity contribution in [2.75, 3.05) is 6.54 Å². The fourth-order valence-electron chi connectivity index (χ4n) is 4.68. The van der Waals surface area contributed by atoms with E-state index in [1.54, 1.807) is 0 Å². The smallest absolute Gasteiger partial charge is 0.223 e. The Labute approximate surface area is 202 Å². The second-order valence-electron chi connectivity index (χ2n) is 9.16. The van der Waals surface area contributed by atoms with Gasteiger partial charge in [-0.2, -0.15) is 5.10 Å². The van der Waals surface area contributed by atoms with Crippen LogP contribution in [-0.4, -0.2) is 32.1 Å². The van der Waals surface area contributed by atoms with E-state index >= 15 is 0 Å². The summed E-state index contributed by atoms with van der Waals surface area (Å²) in [5.41, 5.74) is 9.81. The van der Waals surface area contributed by atoms with Crippen molar-refractivity contribution in [3.05, 3.63) is 87.7 Å². The molecule has 2 heterocycles. The highest BCUT2D eigenvalue weighted by Crippen LogP contribution is 2.29. The largest absolute Gasteiger partial charge is 0.339 e. The highest BCUT2D eigenvalue weighted by Gasteiger charge is 2.19. The highest BCUT2D eigenvalue weighted by atomic mass is 16.2. The molecule has 0 bridgehead atoms. The first kappa shape index (κ1) is 23.7. The number of benzene rings is 2. The van der Waals surface area contributed by atoms with Gasteiger partial charge >= 0.3 is 0 Å². The van der Waals surface area contributed by atoms with Crippen molar-refractivity contribution in [1.29, 1.82) is 0 Å². The van der Waals surface area contributed by atoms with Crippen LogP contribution in [0.2, 0.25) is 0 Å². The standard InChI is InChI=1S/C29H34N4O/c1-7-32(18-24-11-9-8-10-12-24)27(34)16-15-26-21(4)28-23(6)31-33(29(28)30-22(26)5)25-14-13-19(2)20(3)17-25/h8-14,17H,7,15-16,18H2,1-6H3. The quantitative estimate of drug-likeness (QED) is 0.347. The third kappa shape index (κ3) is 4.60. The number of aryl methyl sites for hydroxylation is 5. The fraction of sp³-hybridized carbons (Fsp3) is 0.345. The summed E-state index contributed by atoms with van der Waals surface area (Å²) < 4.78 is 1.95. The van der Waals surface area contributed by atoms with Crippen LogP contribution in [0.25, 0.3) is 16.7 Å². The fourth-order valence-corrected chi connectivity index (χ4v) is 4.68. The zero-order valence-corrected chi connectivity index (χ0v) is 21.1. The van der Waals surface area contributed by atoms with Crippen LogP contribution in [0, 0.1) is 34.6 Å². The molecule has 0 spiro atoms. The van der Waals surface area contributed by atoms with E-state index in [1.165, 1.54) is 16.7 Å². The topological polar surface area (TPSA) is 51.0 Å². The molecular weight excluding hydrogens is 420 g/mol. The molecule has 0 saturated heterocycles. The van der Waals surface area contributed by atoms with E-state index in [9.17, 15) is 4.79 Å². The van der Waals surface area contributed by atoms with Gasteiger partial charge in [0.15, 0.2) is 5.65 Å². The number of pyridine rings is 1. The molecule has 2 aromatic carbocycles. The van der Waals surface area contributed by atoms with Gasteiger partial charge in [-0.1, -0.05) is 36.4 Å². The predicted molar refractivity (Wildman–Crippen MR) is 138 cm³/mol. The van der Waals surface area contributed by atoms with Crippen LogP contribution >= 0.6 is 0 Å². The molecule has 0 saturated carbocycles. The molecule has 0 N–H and O–H groups in total. The Kier molecular flexibility index (Phi) is 6.82. The van der Waals surface area contributed by atoms with Crippen molar-refractivity contribution in [3.8, 4) is 5.69 Å². The molecule has 0 aliphatic carbocycles. The van der Waals surface area contributed by atoms with Gasteiger partial charge in [0.25, 0.3) is 0 Å². The van der Waals surface area contributed by atoms with Gasteiger partial charge in [0.2, 0.25) is 5.91 Å². The Balaban J connectivity index is 1.60. The van der Waals surface area contributed by atoms with Gasteiger partial charge < -0.3 is 4.90 Å². The molecule has 0 aliphatic rings. The predicted octanol–water partition coefficient (Wildman–Crippen LogP) is 5.94. The summed E-state index contributed by atoms with van der Waals surface area (Å²) in [5.74, 6) is 0.174. The molecule has 176 valence electrons. The number of hydrogen-bond donors (Lipinski definition) is 0. The van der Waals surface area contributed by atoms with Gasteiger partial charge in [-0.25, -0.2) is 9.67 Å². The van der Waals surface area contributed by atoms with Crippen LogP contribution in [0.3, 0.4) is 0 Å². The first-order valence-corrected chi connectivity index (χ1v) is 12.0. The lowest BCUT2D eigenvalue weighted by Crippen LogP contribution is -2.30. The minimum Gasteiger partial charge on any atom is -0.339 e. The van der Waals surface area contributed by atoms with Crippen molar-refractivity contribution in [3.63, 3.8) is 0 Å². The molecule has 0 radical (unpaired) electrons. The second-order valence-corrected chi connectivity index (χ2v) is 9.16. The van der Waals surface area contributed by atoms with E-state index in [-0.39, 0.29) is 5.91 Å². The van der Waals surface area contributed by atoms with Gasteiger partial charge in [0.1, 0.15) is 0 Å². The number of carbonyl (C=O) groups is 1. The maximum absolute atomic E-state index is 13.0. The maximum Gasteiger partial charge on any atom is 0.223 e. The average Bonchev–Trinajstić information content (AvgIpc) is 3.15. The zero-order valence-electron chi connectivity index (χ0n) is 21.1. The van der Waals surface area contributed by atoms with Crippen LogP contribution in [0.1, 0.15) is 52.5 Å². The Hall–Kier alpha value is -3.47. The van der Waals surface area contributed by atoms with Crippen LogP contribution in [-0.2, 0) is 17.8 Å². The number of aromatic nitrogens is 3.